The Balaban J connectivity index is 2.00. The fraction of sp³-hybridized carbons (Fsp3) is 0.385. The number of nitrogens with zero attached hydrogens (tertiary/aromatic N) is 2. The first-order valence-electron chi connectivity index (χ1n) is 6.08. The van der Waals surface area contributed by atoms with Gasteiger partial charge in [-0.15, -0.1) is 0 Å². The lowest BCUT2D eigenvalue weighted by molar-refractivity contribution is 0.112. The third kappa shape index (κ3) is 2.03. The van der Waals surface area contributed by atoms with E-state index in [4.69, 9.17) is 4.42 Å². The predicted molar refractivity (Wildman–Crippen MR) is 70.5 cm³/mol. The monoisotopic (exact) mass is 308 g/mol. The van der Waals surface area contributed by atoms with E-state index in [0.29, 0.717) is 27.7 Å². The Morgan fingerprint density at radius 1 is 1.39 bits per heavy atom. The van der Waals surface area contributed by atoms with Gasteiger partial charge in [0.15, 0.2) is 16.7 Å². The normalized spacial score (nSPS) is 16.3. The minimum absolute atomic E-state index is 0.427. The Bertz CT molecular complexity index is 567. The first-order chi connectivity index (χ1) is 8.78. The van der Waals surface area contributed by atoms with Crippen molar-refractivity contribution in [3.8, 4) is 11.5 Å². The smallest absolute Gasteiger partial charge is 0.169 e. The summed E-state index contributed by atoms with van der Waals surface area (Å²) in [6.07, 6.45) is 7.42. The molecule has 5 heteroatoms. The van der Waals surface area contributed by atoms with Gasteiger partial charge in [-0.1, -0.05) is 12.8 Å². The summed E-state index contributed by atoms with van der Waals surface area (Å²) in [7, 11) is 0. The number of aldehydes is 1. The van der Waals surface area contributed by atoms with Crippen molar-refractivity contribution >= 4 is 22.2 Å². The van der Waals surface area contributed by atoms with Crippen LogP contribution in [-0.2, 0) is 0 Å². The zero-order valence-corrected chi connectivity index (χ0v) is 11.4. The van der Waals surface area contributed by atoms with Crippen LogP contribution >= 0.6 is 15.9 Å². The second-order valence-corrected chi connectivity index (χ2v) is 5.35. The third-order valence-electron chi connectivity index (χ3n) is 3.39. The number of carbonyl (C=O) groups excluding carboxylic acids is 1. The van der Waals surface area contributed by atoms with Crippen LogP contribution in [0.2, 0.25) is 0 Å². The number of hydrogen-bond donors (Lipinski definition) is 0. The molecule has 94 valence electrons. The Morgan fingerprint density at radius 3 is 2.78 bits per heavy atom. The standard InChI is InChI=1S/C13H13BrN2O2/c14-12-6-5-11(18-12)13-9(8-17)7-16(15-13)10-3-1-2-4-10/h5-8,10H,1-4H2. The van der Waals surface area contributed by atoms with Gasteiger partial charge in [-0.3, -0.25) is 9.48 Å². The fourth-order valence-electron chi connectivity index (χ4n) is 2.48. The molecule has 2 aromatic rings. The van der Waals surface area contributed by atoms with E-state index in [1.165, 1.54) is 12.8 Å². The first kappa shape index (κ1) is 11.7. The molecule has 0 aliphatic heterocycles. The lowest BCUT2D eigenvalue weighted by Crippen LogP contribution is -2.04. The largest absolute Gasteiger partial charge is 0.448 e. The van der Waals surface area contributed by atoms with Crippen molar-refractivity contribution in [3.05, 3.63) is 28.6 Å². The maximum atomic E-state index is 11.1. The molecule has 2 heterocycles. The van der Waals surface area contributed by atoms with Gasteiger partial charge in [-0.25, -0.2) is 0 Å². The molecule has 0 unspecified atom stereocenters. The van der Waals surface area contributed by atoms with Crippen molar-refractivity contribution in [3.63, 3.8) is 0 Å². The van der Waals surface area contributed by atoms with Crippen LogP contribution in [0.4, 0.5) is 0 Å². The quantitative estimate of drug-likeness (QED) is 0.810. The summed E-state index contributed by atoms with van der Waals surface area (Å²) < 4.78 is 8.03. The number of aromatic nitrogens is 2. The molecule has 2 aromatic heterocycles. The van der Waals surface area contributed by atoms with Crippen LogP contribution in [0.3, 0.4) is 0 Å². The van der Waals surface area contributed by atoms with E-state index in [1.807, 2.05) is 16.9 Å². The molecule has 0 saturated heterocycles. The van der Waals surface area contributed by atoms with Gasteiger partial charge < -0.3 is 4.42 Å². The zero-order chi connectivity index (χ0) is 12.5. The molecular weight excluding hydrogens is 296 g/mol. The first-order valence-corrected chi connectivity index (χ1v) is 6.87. The molecule has 1 saturated carbocycles. The number of furan rings is 1. The fourth-order valence-corrected chi connectivity index (χ4v) is 2.79. The molecule has 1 fully saturated rings. The minimum Gasteiger partial charge on any atom is -0.448 e. The summed E-state index contributed by atoms with van der Waals surface area (Å²) in [5, 5.41) is 4.52. The van der Waals surface area contributed by atoms with Crippen molar-refractivity contribution in [1.29, 1.82) is 0 Å². The van der Waals surface area contributed by atoms with Crippen LogP contribution in [0.5, 0.6) is 0 Å². The molecule has 18 heavy (non-hydrogen) atoms. The molecule has 4 nitrogen and oxygen atoms in total. The van der Waals surface area contributed by atoms with Gasteiger partial charge in [0.1, 0.15) is 5.69 Å². The molecule has 0 spiro atoms. The molecule has 1 aliphatic rings. The van der Waals surface area contributed by atoms with Gasteiger partial charge in [0.25, 0.3) is 0 Å². The van der Waals surface area contributed by atoms with Gasteiger partial charge >= 0.3 is 0 Å². The Hall–Kier alpha value is -1.36. The maximum Gasteiger partial charge on any atom is 0.169 e. The molecule has 0 amide bonds. The predicted octanol–water partition coefficient (Wildman–Crippen LogP) is 3.83. The molecule has 0 radical (unpaired) electrons. The van der Waals surface area contributed by atoms with Crippen LogP contribution in [-0.4, -0.2) is 16.1 Å². The van der Waals surface area contributed by atoms with Gasteiger partial charge in [0.05, 0.1) is 11.6 Å². The second kappa shape index (κ2) is 4.72. The summed E-state index contributed by atoms with van der Waals surface area (Å²) in [5.41, 5.74) is 1.21. The average molecular weight is 309 g/mol. The van der Waals surface area contributed by atoms with Crippen molar-refractivity contribution in [1.82, 2.24) is 9.78 Å². The highest BCUT2D eigenvalue weighted by Gasteiger charge is 2.21. The SMILES string of the molecule is O=Cc1cn(C2CCCC2)nc1-c1ccc(Br)o1. The van der Waals surface area contributed by atoms with E-state index in [0.717, 1.165) is 19.1 Å². The number of carbonyl (C=O) groups is 1. The van der Waals surface area contributed by atoms with E-state index in [1.54, 1.807) is 6.07 Å². The maximum absolute atomic E-state index is 11.1. The average Bonchev–Trinajstić information content (AvgIpc) is 3.07. The van der Waals surface area contributed by atoms with Crippen molar-refractivity contribution in [2.45, 2.75) is 31.7 Å². The topological polar surface area (TPSA) is 48.0 Å². The van der Waals surface area contributed by atoms with Gasteiger partial charge in [-0.2, -0.15) is 5.10 Å². The highest BCUT2D eigenvalue weighted by atomic mass is 79.9. The van der Waals surface area contributed by atoms with Crippen LogP contribution < -0.4 is 0 Å². The lowest BCUT2D eigenvalue weighted by Gasteiger charge is -2.08. The summed E-state index contributed by atoms with van der Waals surface area (Å²) in [6, 6.07) is 4.05. The molecule has 0 aromatic carbocycles. The highest BCUT2D eigenvalue weighted by Crippen LogP contribution is 2.32. The van der Waals surface area contributed by atoms with Gasteiger partial charge in [0.2, 0.25) is 0 Å². The molecule has 0 atom stereocenters. The van der Waals surface area contributed by atoms with Crippen LogP contribution in [0, 0.1) is 0 Å². The second-order valence-electron chi connectivity index (χ2n) is 4.57. The van der Waals surface area contributed by atoms with E-state index in [9.17, 15) is 4.79 Å². The van der Waals surface area contributed by atoms with Crippen molar-refractivity contribution in [2.75, 3.05) is 0 Å². The summed E-state index contributed by atoms with van der Waals surface area (Å²) in [6.45, 7) is 0. The minimum atomic E-state index is 0.427. The van der Waals surface area contributed by atoms with Gasteiger partial charge in [-0.05, 0) is 40.9 Å². The number of hydrogen-bond acceptors (Lipinski definition) is 3. The summed E-state index contributed by atoms with van der Waals surface area (Å²) in [4.78, 5) is 11.1. The Morgan fingerprint density at radius 2 is 2.17 bits per heavy atom. The number of rotatable bonds is 3. The third-order valence-corrected chi connectivity index (χ3v) is 3.82. The summed E-state index contributed by atoms with van der Waals surface area (Å²) in [5.74, 6) is 0.626. The van der Waals surface area contributed by atoms with E-state index < -0.39 is 0 Å². The van der Waals surface area contributed by atoms with Crippen LogP contribution in [0.1, 0.15) is 42.1 Å². The van der Waals surface area contributed by atoms with Crippen LogP contribution in [0.25, 0.3) is 11.5 Å². The zero-order valence-electron chi connectivity index (χ0n) is 9.80. The highest BCUT2D eigenvalue weighted by molar-refractivity contribution is 9.10. The van der Waals surface area contributed by atoms with Crippen molar-refractivity contribution < 1.29 is 9.21 Å². The molecule has 1 aliphatic carbocycles. The molecular formula is C13H13BrN2O2. The Labute approximate surface area is 113 Å². The van der Waals surface area contributed by atoms with Crippen LogP contribution in [0.15, 0.2) is 27.4 Å². The molecule has 0 bridgehead atoms. The summed E-state index contributed by atoms with van der Waals surface area (Å²) >= 11 is 3.26. The Kier molecular flexibility index (Phi) is 3.07. The van der Waals surface area contributed by atoms with E-state index in [2.05, 4.69) is 21.0 Å². The van der Waals surface area contributed by atoms with Gasteiger partial charge in [0, 0.05) is 6.20 Å². The van der Waals surface area contributed by atoms with E-state index >= 15 is 0 Å². The van der Waals surface area contributed by atoms with Crippen molar-refractivity contribution in [2.24, 2.45) is 0 Å². The number of halogens is 1. The van der Waals surface area contributed by atoms with E-state index in [-0.39, 0.29) is 0 Å². The lowest BCUT2D eigenvalue weighted by atomic mass is 10.2. The molecule has 3 rings (SSSR count). The molecule has 0 N–H and O–H groups in total.